The first-order chi connectivity index (χ1) is 9.61. The number of amides is 1. The molecule has 1 heterocycles. The van der Waals surface area contributed by atoms with E-state index in [0.29, 0.717) is 29.4 Å². The number of nitrogens with one attached hydrogen (secondary N) is 1. The van der Waals surface area contributed by atoms with Gasteiger partial charge in [-0.05, 0) is 37.6 Å². The Labute approximate surface area is 117 Å². The van der Waals surface area contributed by atoms with E-state index in [4.69, 9.17) is 10.5 Å². The molecule has 104 valence electrons. The highest BCUT2D eigenvalue weighted by molar-refractivity contribution is 6.06. The van der Waals surface area contributed by atoms with Crippen molar-refractivity contribution in [3.63, 3.8) is 0 Å². The summed E-state index contributed by atoms with van der Waals surface area (Å²) in [6, 6.07) is 8.72. The summed E-state index contributed by atoms with van der Waals surface area (Å²) in [5, 5.41) is 2.73. The van der Waals surface area contributed by atoms with Crippen molar-refractivity contribution in [3.05, 3.63) is 47.7 Å². The van der Waals surface area contributed by atoms with Crippen LogP contribution in [0.3, 0.4) is 0 Å². The van der Waals surface area contributed by atoms with Crippen LogP contribution < -0.4 is 15.8 Å². The van der Waals surface area contributed by atoms with Gasteiger partial charge in [-0.3, -0.25) is 4.79 Å². The van der Waals surface area contributed by atoms with E-state index in [9.17, 15) is 4.79 Å². The summed E-state index contributed by atoms with van der Waals surface area (Å²) in [6.07, 6.45) is 1.69. The Balaban J connectivity index is 2.25. The molecule has 0 bridgehead atoms. The first-order valence-electron chi connectivity index (χ1n) is 6.37. The fourth-order valence-electron chi connectivity index (χ4n) is 1.76. The molecule has 1 aromatic carbocycles. The minimum absolute atomic E-state index is 0.294. The van der Waals surface area contributed by atoms with E-state index in [2.05, 4.69) is 10.3 Å². The van der Waals surface area contributed by atoms with Gasteiger partial charge in [0, 0.05) is 6.20 Å². The molecule has 2 rings (SSSR count). The Morgan fingerprint density at radius 1 is 1.35 bits per heavy atom. The molecular weight excluding hydrogens is 254 g/mol. The number of nitrogens with two attached hydrogens (primary N) is 1. The lowest BCUT2D eigenvalue weighted by Gasteiger charge is -2.12. The zero-order valence-corrected chi connectivity index (χ0v) is 11.5. The molecule has 5 nitrogen and oxygen atoms in total. The number of aryl methyl sites for hydroxylation is 1. The van der Waals surface area contributed by atoms with Gasteiger partial charge < -0.3 is 15.8 Å². The average Bonchev–Trinajstić information content (AvgIpc) is 2.43. The molecule has 0 spiro atoms. The van der Waals surface area contributed by atoms with Crippen molar-refractivity contribution in [3.8, 4) is 5.75 Å². The normalized spacial score (nSPS) is 10.1. The minimum atomic E-state index is -0.294. The summed E-state index contributed by atoms with van der Waals surface area (Å²) in [4.78, 5) is 16.4. The van der Waals surface area contributed by atoms with E-state index in [1.807, 2.05) is 19.9 Å². The molecular formula is C15H17N3O2. The van der Waals surface area contributed by atoms with Crippen LogP contribution in [0.4, 0.5) is 11.5 Å². The first kappa shape index (κ1) is 13.9. The zero-order chi connectivity index (χ0) is 14.5. The van der Waals surface area contributed by atoms with Gasteiger partial charge in [0.2, 0.25) is 0 Å². The number of benzene rings is 1. The maximum Gasteiger partial charge on any atom is 0.260 e. The molecule has 20 heavy (non-hydrogen) atoms. The minimum Gasteiger partial charge on any atom is -0.491 e. The third kappa shape index (κ3) is 3.06. The van der Waals surface area contributed by atoms with Gasteiger partial charge in [-0.15, -0.1) is 0 Å². The molecule has 3 N–H and O–H groups in total. The molecule has 2 aromatic rings. The maximum atomic E-state index is 12.3. The number of ether oxygens (including phenoxy) is 1. The van der Waals surface area contributed by atoms with Gasteiger partial charge in [-0.2, -0.15) is 0 Å². The van der Waals surface area contributed by atoms with Gasteiger partial charge in [-0.25, -0.2) is 4.98 Å². The lowest BCUT2D eigenvalue weighted by molar-refractivity contribution is 0.102. The average molecular weight is 271 g/mol. The van der Waals surface area contributed by atoms with Crippen molar-refractivity contribution < 1.29 is 9.53 Å². The van der Waals surface area contributed by atoms with E-state index in [1.54, 1.807) is 30.5 Å². The van der Waals surface area contributed by atoms with Crippen molar-refractivity contribution in [1.82, 2.24) is 4.98 Å². The maximum absolute atomic E-state index is 12.3. The van der Waals surface area contributed by atoms with Gasteiger partial charge in [-0.1, -0.05) is 12.1 Å². The smallest absolute Gasteiger partial charge is 0.260 e. The van der Waals surface area contributed by atoms with Crippen LogP contribution in [0.25, 0.3) is 0 Å². The number of carbonyl (C=O) groups excluding carboxylic acids is 1. The van der Waals surface area contributed by atoms with E-state index < -0.39 is 0 Å². The van der Waals surface area contributed by atoms with Crippen LogP contribution in [0.15, 0.2) is 36.5 Å². The van der Waals surface area contributed by atoms with Crippen LogP contribution >= 0.6 is 0 Å². The Morgan fingerprint density at radius 2 is 2.15 bits per heavy atom. The zero-order valence-electron chi connectivity index (χ0n) is 11.5. The van der Waals surface area contributed by atoms with Gasteiger partial charge in [0.15, 0.2) is 5.75 Å². The van der Waals surface area contributed by atoms with Gasteiger partial charge in [0.25, 0.3) is 5.91 Å². The molecule has 0 fully saturated rings. The summed E-state index contributed by atoms with van der Waals surface area (Å²) in [5.41, 5.74) is 7.71. The topological polar surface area (TPSA) is 77.2 Å². The molecule has 5 heteroatoms. The summed E-state index contributed by atoms with van der Waals surface area (Å²) in [5.74, 6) is 0.599. The number of hydrogen-bond donors (Lipinski definition) is 2. The summed E-state index contributed by atoms with van der Waals surface area (Å²) in [7, 11) is 0. The largest absolute Gasteiger partial charge is 0.491 e. The number of nitrogens with zero attached hydrogens (tertiary/aromatic N) is 1. The fourth-order valence-corrected chi connectivity index (χ4v) is 1.76. The number of aromatic nitrogens is 1. The monoisotopic (exact) mass is 271 g/mol. The quantitative estimate of drug-likeness (QED) is 0.838. The van der Waals surface area contributed by atoms with Crippen LogP contribution in [0.2, 0.25) is 0 Å². The molecule has 1 amide bonds. The number of pyridine rings is 1. The predicted molar refractivity (Wildman–Crippen MR) is 79.0 cm³/mol. The van der Waals surface area contributed by atoms with E-state index >= 15 is 0 Å². The molecule has 0 aliphatic carbocycles. The number of rotatable bonds is 4. The lowest BCUT2D eigenvalue weighted by Crippen LogP contribution is -2.15. The van der Waals surface area contributed by atoms with Crippen molar-refractivity contribution in [1.29, 1.82) is 0 Å². The number of carbonyl (C=O) groups is 1. The Bertz CT molecular complexity index is 609. The Hall–Kier alpha value is -2.56. The van der Waals surface area contributed by atoms with Crippen LogP contribution in [0.1, 0.15) is 22.8 Å². The Morgan fingerprint density at radius 3 is 2.80 bits per heavy atom. The SMILES string of the molecule is CCOc1c(N)cccc1C(=O)Nc1ccc(C)cn1. The first-order valence-corrected chi connectivity index (χ1v) is 6.37. The Kier molecular flexibility index (Phi) is 4.20. The van der Waals surface area contributed by atoms with E-state index in [1.165, 1.54) is 0 Å². The standard InChI is InChI=1S/C15H17N3O2/c1-3-20-14-11(5-4-6-12(14)16)15(19)18-13-8-7-10(2)9-17-13/h4-9H,3,16H2,1-2H3,(H,17,18,19). The molecule has 0 saturated carbocycles. The van der Waals surface area contributed by atoms with E-state index in [0.717, 1.165) is 5.56 Å². The fraction of sp³-hybridized carbons (Fsp3) is 0.200. The second kappa shape index (κ2) is 6.06. The number of nitrogen functional groups attached to an aromatic ring is 1. The van der Waals surface area contributed by atoms with Crippen molar-refractivity contribution in [2.75, 3.05) is 17.7 Å². The van der Waals surface area contributed by atoms with Gasteiger partial charge >= 0.3 is 0 Å². The molecule has 0 unspecified atom stereocenters. The molecule has 0 radical (unpaired) electrons. The molecule has 1 aromatic heterocycles. The molecule has 0 atom stereocenters. The molecule has 0 saturated heterocycles. The number of para-hydroxylation sites is 1. The van der Waals surface area contributed by atoms with Crippen molar-refractivity contribution in [2.24, 2.45) is 0 Å². The summed E-state index contributed by atoms with van der Waals surface area (Å²) >= 11 is 0. The highest BCUT2D eigenvalue weighted by Gasteiger charge is 2.15. The predicted octanol–water partition coefficient (Wildman–Crippen LogP) is 2.62. The summed E-state index contributed by atoms with van der Waals surface area (Å²) < 4.78 is 5.44. The van der Waals surface area contributed by atoms with Crippen LogP contribution in [-0.4, -0.2) is 17.5 Å². The number of hydrogen-bond acceptors (Lipinski definition) is 4. The molecule has 0 aliphatic rings. The van der Waals surface area contributed by atoms with E-state index in [-0.39, 0.29) is 5.91 Å². The highest BCUT2D eigenvalue weighted by Crippen LogP contribution is 2.27. The van der Waals surface area contributed by atoms with Crippen LogP contribution in [0, 0.1) is 6.92 Å². The second-order valence-electron chi connectivity index (χ2n) is 4.33. The highest BCUT2D eigenvalue weighted by atomic mass is 16.5. The third-order valence-corrected chi connectivity index (χ3v) is 2.73. The molecule has 0 aliphatic heterocycles. The van der Waals surface area contributed by atoms with Crippen molar-refractivity contribution >= 4 is 17.4 Å². The third-order valence-electron chi connectivity index (χ3n) is 2.73. The van der Waals surface area contributed by atoms with Crippen LogP contribution in [0.5, 0.6) is 5.75 Å². The van der Waals surface area contributed by atoms with Gasteiger partial charge in [0.05, 0.1) is 17.9 Å². The summed E-state index contributed by atoms with van der Waals surface area (Å²) in [6.45, 7) is 4.22. The second-order valence-corrected chi connectivity index (χ2v) is 4.33. The van der Waals surface area contributed by atoms with Gasteiger partial charge in [0.1, 0.15) is 5.82 Å². The number of anilines is 2. The van der Waals surface area contributed by atoms with Crippen molar-refractivity contribution in [2.45, 2.75) is 13.8 Å². The van der Waals surface area contributed by atoms with Crippen LogP contribution in [-0.2, 0) is 0 Å². The lowest BCUT2D eigenvalue weighted by atomic mass is 10.1.